The first-order valence-corrected chi connectivity index (χ1v) is 6.86. The van der Waals surface area contributed by atoms with Crippen LogP contribution in [0.4, 0.5) is 0 Å². The quantitative estimate of drug-likeness (QED) is 0.825. The molecule has 1 aliphatic rings. The predicted molar refractivity (Wildman–Crippen MR) is 69.0 cm³/mol. The molecule has 1 aliphatic heterocycles. The third-order valence-electron chi connectivity index (χ3n) is 3.20. The van der Waals surface area contributed by atoms with Crippen LogP contribution in [0.2, 0.25) is 0 Å². The molecule has 3 nitrogen and oxygen atoms in total. The van der Waals surface area contributed by atoms with Crippen molar-refractivity contribution >= 4 is 11.3 Å². The lowest BCUT2D eigenvalue weighted by molar-refractivity contribution is 0.318. The van der Waals surface area contributed by atoms with Crippen LogP contribution in [-0.2, 0) is 0 Å². The zero-order valence-corrected chi connectivity index (χ0v) is 11.2. The number of aryl methyl sites for hydroxylation is 2. The monoisotopic (exact) mass is 239 g/mol. The molecule has 90 valence electrons. The van der Waals surface area contributed by atoms with Gasteiger partial charge in [0, 0.05) is 10.9 Å². The summed E-state index contributed by atoms with van der Waals surface area (Å²) in [4.78, 5) is 5.86. The molecule has 1 atom stereocenters. The van der Waals surface area contributed by atoms with Crippen LogP contribution < -0.4 is 10.6 Å². The lowest BCUT2D eigenvalue weighted by Crippen LogP contribution is -2.43. The number of nitrogens with one attached hydrogen (secondary N) is 2. The number of thiazole rings is 1. The zero-order chi connectivity index (χ0) is 11.5. The van der Waals surface area contributed by atoms with E-state index in [9.17, 15) is 0 Å². The SMILES string of the molecule is Cc1nc(C)c(C(C)NCCC2CNC2)s1. The van der Waals surface area contributed by atoms with Crippen LogP contribution in [-0.4, -0.2) is 24.6 Å². The smallest absolute Gasteiger partial charge is 0.0900 e. The van der Waals surface area contributed by atoms with Gasteiger partial charge in [0.2, 0.25) is 0 Å². The summed E-state index contributed by atoms with van der Waals surface area (Å²) in [6, 6.07) is 0.444. The molecule has 1 aromatic heterocycles. The van der Waals surface area contributed by atoms with Crippen molar-refractivity contribution in [1.29, 1.82) is 0 Å². The van der Waals surface area contributed by atoms with E-state index in [2.05, 4.69) is 36.4 Å². The summed E-state index contributed by atoms with van der Waals surface area (Å²) in [5.41, 5.74) is 1.19. The van der Waals surface area contributed by atoms with Gasteiger partial charge in [-0.15, -0.1) is 11.3 Å². The first-order chi connectivity index (χ1) is 7.66. The van der Waals surface area contributed by atoms with Crippen molar-refractivity contribution in [3.05, 3.63) is 15.6 Å². The Kier molecular flexibility index (Phi) is 3.95. The van der Waals surface area contributed by atoms with Gasteiger partial charge in [0.05, 0.1) is 10.7 Å². The van der Waals surface area contributed by atoms with Crippen LogP contribution in [0.1, 0.15) is 35.0 Å². The molecule has 16 heavy (non-hydrogen) atoms. The normalized spacial score (nSPS) is 18.4. The molecule has 1 fully saturated rings. The van der Waals surface area contributed by atoms with Crippen LogP contribution in [0.25, 0.3) is 0 Å². The van der Waals surface area contributed by atoms with Crippen LogP contribution in [0.5, 0.6) is 0 Å². The van der Waals surface area contributed by atoms with Gasteiger partial charge in [0.1, 0.15) is 0 Å². The molecular weight excluding hydrogens is 218 g/mol. The van der Waals surface area contributed by atoms with Gasteiger partial charge in [0.15, 0.2) is 0 Å². The van der Waals surface area contributed by atoms with Crippen molar-refractivity contribution in [2.24, 2.45) is 5.92 Å². The van der Waals surface area contributed by atoms with Crippen LogP contribution in [0.3, 0.4) is 0 Å². The van der Waals surface area contributed by atoms with Gasteiger partial charge in [0.25, 0.3) is 0 Å². The van der Waals surface area contributed by atoms with E-state index >= 15 is 0 Å². The van der Waals surface area contributed by atoms with Gasteiger partial charge < -0.3 is 10.6 Å². The minimum Gasteiger partial charge on any atom is -0.316 e. The maximum Gasteiger partial charge on any atom is 0.0900 e. The number of hydrogen-bond acceptors (Lipinski definition) is 4. The van der Waals surface area contributed by atoms with Crippen molar-refractivity contribution in [1.82, 2.24) is 15.6 Å². The first kappa shape index (κ1) is 12.0. The highest BCUT2D eigenvalue weighted by Gasteiger charge is 2.17. The van der Waals surface area contributed by atoms with Gasteiger partial charge in [-0.3, -0.25) is 0 Å². The lowest BCUT2D eigenvalue weighted by atomic mass is 9.99. The van der Waals surface area contributed by atoms with Crippen molar-refractivity contribution in [3.8, 4) is 0 Å². The summed E-state index contributed by atoms with van der Waals surface area (Å²) < 4.78 is 0. The number of rotatable bonds is 5. The van der Waals surface area contributed by atoms with E-state index in [1.165, 1.54) is 35.1 Å². The van der Waals surface area contributed by atoms with E-state index < -0.39 is 0 Å². The van der Waals surface area contributed by atoms with Gasteiger partial charge in [-0.2, -0.15) is 0 Å². The Morgan fingerprint density at radius 1 is 1.50 bits per heavy atom. The third kappa shape index (κ3) is 2.81. The molecular formula is C12H21N3S. The third-order valence-corrected chi connectivity index (χ3v) is 4.46. The number of nitrogens with zero attached hydrogens (tertiary/aromatic N) is 1. The fourth-order valence-corrected chi connectivity index (χ4v) is 3.05. The molecule has 2 heterocycles. The lowest BCUT2D eigenvalue weighted by Gasteiger charge is -2.27. The molecule has 2 rings (SSSR count). The van der Waals surface area contributed by atoms with Crippen molar-refractivity contribution in [2.75, 3.05) is 19.6 Å². The summed E-state index contributed by atoms with van der Waals surface area (Å²) >= 11 is 1.82. The van der Waals surface area contributed by atoms with Crippen LogP contribution >= 0.6 is 11.3 Å². The average Bonchev–Trinajstić information content (AvgIpc) is 2.49. The van der Waals surface area contributed by atoms with E-state index in [-0.39, 0.29) is 0 Å². The molecule has 1 saturated heterocycles. The second-order valence-electron chi connectivity index (χ2n) is 4.67. The van der Waals surface area contributed by atoms with E-state index in [1.54, 1.807) is 0 Å². The largest absolute Gasteiger partial charge is 0.316 e. The summed E-state index contributed by atoms with van der Waals surface area (Å²) in [7, 11) is 0. The molecule has 0 spiro atoms. The molecule has 0 aliphatic carbocycles. The Bertz CT molecular complexity index is 344. The maximum atomic E-state index is 4.47. The highest BCUT2D eigenvalue weighted by Crippen LogP contribution is 2.24. The fourth-order valence-electron chi connectivity index (χ4n) is 2.10. The summed E-state index contributed by atoms with van der Waals surface area (Å²) in [6.45, 7) is 9.94. The summed E-state index contributed by atoms with van der Waals surface area (Å²) in [5, 5.41) is 8.07. The number of hydrogen-bond donors (Lipinski definition) is 2. The standard InChI is InChI=1S/C12H21N3S/c1-8(12-9(2)15-10(3)16-12)14-5-4-11-6-13-7-11/h8,11,13-14H,4-7H2,1-3H3. The Balaban J connectivity index is 1.78. The average molecular weight is 239 g/mol. The molecule has 4 heteroatoms. The topological polar surface area (TPSA) is 37.0 Å². The van der Waals surface area contributed by atoms with Crippen molar-refractivity contribution in [3.63, 3.8) is 0 Å². The highest BCUT2D eigenvalue weighted by molar-refractivity contribution is 7.11. The molecule has 1 aromatic rings. The molecule has 1 unspecified atom stereocenters. The predicted octanol–water partition coefficient (Wildman–Crippen LogP) is 2.02. The Labute approximate surface area is 102 Å². The van der Waals surface area contributed by atoms with Gasteiger partial charge in [-0.1, -0.05) is 0 Å². The molecule has 0 radical (unpaired) electrons. The Hall–Kier alpha value is -0.450. The Morgan fingerprint density at radius 3 is 2.75 bits per heavy atom. The Morgan fingerprint density at radius 2 is 2.25 bits per heavy atom. The van der Waals surface area contributed by atoms with E-state index in [0.29, 0.717) is 6.04 Å². The minimum absolute atomic E-state index is 0.444. The highest BCUT2D eigenvalue weighted by atomic mass is 32.1. The second-order valence-corrected chi connectivity index (χ2v) is 5.91. The van der Waals surface area contributed by atoms with Gasteiger partial charge in [-0.25, -0.2) is 4.98 Å². The number of aromatic nitrogens is 1. The molecule has 0 amide bonds. The zero-order valence-electron chi connectivity index (χ0n) is 10.3. The minimum atomic E-state index is 0.444. The fraction of sp³-hybridized carbons (Fsp3) is 0.750. The summed E-state index contributed by atoms with van der Waals surface area (Å²) in [5.74, 6) is 0.893. The van der Waals surface area contributed by atoms with E-state index in [4.69, 9.17) is 0 Å². The summed E-state index contributed by atoms with van der Waals surface area (Å²) in [6.07, 6.45) is 1.29. The molecule has 0 saturated carbocycles. The molecule has 0 aromatic carbocycles. The maximum absolute atomic E-state index is 4.47. The van der Waals surface area contributed by atoms with E-state index in [0.717, 1.165) is 12.5 Å². The van der Waals surface area contributed by atoms with Crippen molar-refractivity contribution in [2.45, 2.75) is 33.2 Å². The van der Waals surface area contributed by atoms with Gasteiger partial charge in [-0.05, 0) is 52.7 Å². The van der Waals surface area contributed by atoms with Crippen LogP contribution in [0.15, 0.2) is 0 Å². The molecule has 2 N–H and O–H groups in total. The van der Waals surface area contributed by atoms with Crippen molar-refractivity contribution < 1.29 is 0 Å². The van der Waals surface area contributed by atoms with Gasteiger partial charge >= 0.3 is 0 Å². The second kappa shape index (κ2) is 5.25. The van der Waals surface area contributed by atoms with E-state index in [1.807, 2.05) is 11.3 Å². The molecule has 0 bridgehead atoms. The van der Waals surface area contributed by atoms with Crippen LogP contribution in [0, 0.1) is 19.8 Å². The first-order valence-electron chi connectivity index (χ1n) is 6.05.